The van der Waals surface area contributed by atoms with E-state index < -0.39 is 18.3 Å². The van der Waals surface area contributed by atoms with Gasteiger partial charge in [0, 0.05) is 10.0 Å². The summed E-state index contributed by atoms with van der Waals surface area (Å²) in [4.78, 5) is 0. The molecule has 0 amide bonds. The van der Waals surface area contributed by atoms with Gasteiger partial charge in [0.1, 0.15) is 6.10 Å². The van der Waals surface area contributed by atoms with Gasteiger partial charge >= 0.3 is 0 Å². The summed E-state index contributed by atoms with van der Waals surface area (Å²) in [6, 6.07) is 2.63. The fourth-order valence-electron chi connectivity index (χ4n) is 1.11. The van der Waals surface area contributed by atoms with E-state index in [9.17, 15) is 13.9 Å². The van der Waals surface area contributed by atoms with Gasteiger partial charge in [-0.1, -0.05) is 15.9 Å². The van der Waals surface area contributed by atoms with Crippen molar-refractivity contribution in [3.05, 3.63) is 22.2 Å². The van der Waals surface area contributed by atoms with Gasteiger partial charge in [0.2, 0.25) is 0 Å². The zero-order valence-corrected chi connectivity index (χ0v) is 9.33. The fraction of sp³-hybridized carbons (Fsp3) is 0.333. The average Bonchev–Trinajstić information content (AvgIpc) is 2.19. The second-order valence-corrected chi connectivity index (χ2v) is 3.74. The third-order valence-electron chi connectivity index (χ3n) is 1.85. The molecule has 0 radical (unpaired) electrons. The molecule has 2 N–H and O–H groups in total. The molecule has 6 heteroatoms. The lowest BCUT2D eigenvalue weighted by atomic mass is 10.1. The zero-order valence-electron chi connectivity index (χ0n) is 7.75. The maximum absolute atomic E-state index is 12.2. The van der Waals surface area contributed by atoms with E-state index in [-0.39, 0.29) is 11.3 Å². The molecule has 1 aromatic carbocycles. The number of aliphatic hydroxyl groups is 1. The van der Waals surface area contributed by atoms with Gasteiger partial charge in [-0.25, -0.2) is 8.78 Å². The summed E-state index contributed by atoms with van der Waals surface area (Å²) >= 11 is 3.06. The van der Waals surface area contributed by atoms with Gasteiger partial charge in [0.05, 0.1) is 7.11 Å². The monoisotopic (exact) mass is 282 g/mol. The second-order valence-electron chi connectivity index (χ2n) is 2.83. The summed E-state index contributed by atoms with van der Waals surface area (Å²) in [6.45, 7) is 0. The molecule has 0 bridgehead atoms. The van der Waals surface area contributed by atoms with Crippen molar-refractivity contribution < 1.29 is 23.7 Å². The van der Waals surface area contributed by atoms with Gasteiger partial charge in [-0.05, 0) is 12.1 Å². The van der Waals surface area contributed by atoms with Crippen LogP contribution in [0.2, 0.25) is 0 Å². The Morgan fingerprint density at radius 3 is 2.47 bits per heavy atom. The SMILES string of the molecule is COc1cc(Br)cc(C(O)C(F)F)c1O. The van der Waals surface area contributed by atoms with Crippen LogP contribution in [0.4, 0.5) is 8.78 Å². The van der Waals surface area contributed by atoms with Gasteiger partial charge in [0.25, 0.3) is 6.43 Å². The third-order valence-corrected chi connectivity index (χ3v) is 2.30. The molecule has 1 atom stereocenters. The standard InChI is InChI=1S/C9H9BrF2O3/c1-15-6-3-4(10)2-5(7(6)13)8(14)9(11)12/h2-3,8-9,13-14H,1H3. The van der Waals surface area contributed by atoms with Crippen LogP contribution in [0, 0.1) is 0 Å². The third kappa shape index (κ3) is 2.57. The topological polar surface area (TPSA) is 49.7 Å². The molecule has 1 rings (SSSR count). The Labute approximate surface area is 93.4 Å². The van der Waals surface area contributed by atoms with E-state index in [4.69, 9.17) is 9.84 Å². The predicted molar refractivity (Wildman–Crippen MR) is 53.3 cm³/mol. The molecule has 0 spiro atoms. The number of halogens is 3. The smallest absolute Gasteiger partial charge is 0.268 e. The Bertz CT molecular complexity index is 357. The van der Waals surface area contributed by atoms with Crippen molar-refractivity contribution in [1.29, 1.82) is 0 Å². The average molecular weight is 283 g/mol. The van der Waals surface area contributed by atoms with Gasteiger partial charge in [0.15, 0.2) is 11.5 Å². The molecule has 0 saturated carbocycles. The first-order valence-electron chi connectivity index (χ1n) is 4.00. The molecule has 0 aliphatic heterocycles. The highest BCUT2D eigenvalue weighted by molar-refractivity contribution is 9.10. The lowest BCUT2D eigenvalue weighted by Gasteiger charge is -2.14. The van der Waals surface area contributed by atoms with E-state index in [1.54, 1.807) is 0 Å². The molecule has 84 valence electrons. The molecule has 15 heavy (non-hydrogen) atoms. The lowest BCUT2D eigenvalue weighted by molar-refractivity contribution is -0.00716. The first kappa shape index (κ1) is 12.2. The van der Waals surface area contributed by atoms with E-state index in [0.29, 0.717) is 4.47 Å². The summed E-state index contributed by atoms with van der Waals surface area (Å²) in [5.41, 5.74) is -0.267. The van der Waals surface area contributed by atoms with E-state index in [1.807, 2.05) is 0 Å². The summed E-state index contributed by atoms with van der Waals surface area (Å²) in [5, 5.41) is 18.6. The minimum Gasteiger partial charge on any atom is -0.504 e. The summed E-state index contributed by atoms with van der Waals surface area (Å²) in [6.07, 6.45) is -4.99. The molecule has 0 aliphatic carbocycles. The van der Waals surface area contributed by atoms with Gasteiger partial charge in [-0.2, -0.15) is 0 Å². The van der Waals surface area contributed by atoms with E-state index >= 15 is 0 Å². The van der Waals surface area contributed by atoms with E-state index in [2.05, 4.69) is 15.9 Å². The van der Waals surface area contributed by atoms with Crippen LogP contribution >= 0.6 is 15.9 Å². The van der Waals surface area contributed by atoms with Crippen molar-refractivity contribution in [3.8, 4) is 11.5 Å². The Balaban J connectivity index is 3.22. The highest BCUT2D eigenvalue weighted by Crippen LogP contribution is 2.38. The van der Waals surface area contributed by atoms with Crippen LogP contribution in [-0.2, 0) is 0 Å². The van der Waals surface area contributed by atoms with Crippen molar-refractivity contribution in [1.82, 2.24) is 0 Å². The summed E-state index contributed by atoms with van der Waals surface area (Å²) in [5.74, 6) is -0.451. The Kier molecular flexibility index (Phi) is 3.87. The van der Waals surface area contributed by atoms with Gasteiger partial charge < -0.3 is 14.9 Å². The Hall–Kier alpha value is -0.880. The maximum Gasteiger partial charge on any atom is 0.268 e. The lowest BCUT2D eigenvalue weighted by Crippen LogP contribution is -2.08. The van der Waals surface area contributed by atoms with Crippen LogP contribution in [0.25, 0.3) is 0 Å². The molecular weight excluding hydrogens is 274 g/mol. The minimum atomic E-state index is -2.96. The van der Waals surface area contributed by atoms with Crippen LogP contribution < -0.4 is 4.74 Å². The molecule has 0 fully saturated rings. The molecule has 0 saturated heterocycles. The second kappa shape index (κ2) is 4.76. The van der Waals surface area contributed by atoms with Crippen molar-refractivity contribution in [2.24, 2.45) is 0 Å². The number of aromatic hydroxyl groups is 1. The maximum atomic E-state index is 12.2. The van der Waals surface area contributed by atoms with E-state index in [1.165, 1.54) is 19.2 Å². The van der Waals surface area contributed by atoms with Crippen LogP contribution in [0.5, 0.6) is 11.5 Å². The highest BCUT2D eigenvalue weighted by atomic mass is 79.9. The first-order chi connectivity index (χ1) is 6.97. The molecule has 0 aliphatic rings. The number of hydrogen-bond donors (Lipinski definition) is 2. The largest absolute Gasteiger partial charge is 0.504 e. The molecule has 1 aromatic rings. The highest BCUT2D eigenvalue weighted by Gasteiger charge is 2.24. The predicted octanol–water partition coefficient (Wildman–Crippen LogP) is 2.46. The summed E-state index contributed by atoms with van der Waals surface area (Å²) < 4.78 is 29.7. The number of hydrogen-bond acceptors (Lipinski definition) is 3. The molecule has 0 heterocycles. The van der Waals surface area contributed by atoms with Crippen LogP contribution in [-0.4, -0.2) is 23.7 Å². The van der Waals surface area contributed by atoms with Crippen molar-refractivity contribution in [2.45, 2.75) is 12.5 Å². The van der Waals surface area contributed by atoms with Crippen molar-refractivity contribution in [2.75, 3.05) is 7.11 Å². The van der Waals surface area contributed by atoms with Gasteiger partial charge in [-0.15, -0.1) is 0 Å². The number of ether oxygens (including phenoxy) is 1. The normalized spacial score (nSPS) is 12.9. The molecule has 0 aromatic heterocycles. The van der Waals surface area contributed by atoms with Crippen molar-refractivity contribution in [3.63, 3.8) is 0 Å². The first-order valence-corrected chi connectivity index (χ1v) is 4.79. The number of phenolic OH excluding ortho intramolecular Hbond substituents is 1. The van der Waals surface area contributed by atoms with Gasteiger partial charge in [-0.3, -0.25) is 0 Å². The zero-order chi connectivity index (χ0) is 11.6. The minimum absolute atomic E-state index is 0.0269. The van der Waals surface area contributed by atoms with Crippen LogP contribution in [0.3, 0.4) is 0 Å². The van der Waals surface area contributed by atoms with E-state index in [0.717, 1.165) is 0 Å². The van der Waals surface area contributed by atoms with Crippen LogP contribution in [0.1, 0.15) is 11.7 Å². The number of phenols is 1. The number of methoxy groups -OCH3 is 1. The fourth-order valence-corrected chi connectivity index (χ4v) is 1.57. The number of alkyl halides is 2. The molecule has 1 unspecified atom stereocenters. The Morgan fingerprint density at radius 1 is 1.40 bits per heavy atom. The number of aliphatic hydroxyl groups excluding tert-OH is 1. The number of rotatable bonds is 3. The van der Waals surface area contributed by atoms with Crippen molar-refractivity contribution >= 4 is 15.9 Å². The quantitative estimate of drug-likeness (QED) is 0.895. The summed E-state index contributed by atoms with van der Waals surface area (Å²) in [7, 11) is 1.29. The Morgan fingerprint density at radius 2 is 2.00 bits per heavy atom. The number of benzene rings is 1. The molecular formula is C9H9BrF2O3. The molecule has 3 nitrogen and oxygen atoms in total. The van der Waals surface area contributed by atoms with Crippen LogP contribution in [0.15, 0.2) is 16.6 Å².